The maximum atomic E-state index is 12.7. The molecule has 0 aliphatic carbocycles. The van der Waals surface area contributed by atoms with Gasteiger partial charge in [0.1, 0.15) is 5.75 Å². The SMILES string of the molecule is COc1ccccc1N1CCN(C(=O)Cc2csc(Nc3ncccn3)n2)CC1. The van der Waals surface area contributed by atoms with Gasteiger partial charge in [0.05, 0.1) is 24.9 Å². The Kier molecular flexibility index (Phi) is 5.85. The fourth-order valence-electron chi connectivity index (χ4n) is 3.26. The Morgan fingerprint density at radius 2 is 1.90 bits per heavy atom. The summed E-state index contributed by atoms with van der Waals surface area (Å²) >= 11 is 1.44. The summed E-state index contributed by atoms with van der Waals surface area (Å²) in [5.74, 6) is 1.45. The van der Waals surface area contributed by atoms with E-state index in [-0.39, 0.29) is 5.91 Å². The summed E-state index contributed by atoms with van der Waals surface area (Å²) in [5, 5.41) is 5.63. The molecular weight excluding hydrogens is 388 g/mol. The fourth-order valence-corrected chi connectivity index (χ4v) is 3.96. The van der Waals surface area contributed by atoms with E-state index in [0.717, 1.165) is 30.2 Å². The molecule has 0 spiro atoms. The molecule has 0 atom stereocenters. The number of carbonyl (C=O) groups is 1. The van der Waals surface area contributed by atoms with Crippen molar-refractivity contribution in [2.75, 3.05) is 43.5 Å². The summed E-state index contributed by atoms with van der Waals surface area (Å²) in [6.45, 7) is 2.93. The van der Waals surface area contributed by atoms with Crippen molar-refractivity contribution in [2.45, 2.75) is 6.42 Å². The molecule has 4 rings (SSSR count). The van der Waals surface area contributed by atoms with Crippen LogP contribution in [0.15, 0.2) is 48.1 Å². The van der Waals surface area contributed by atoms with Gasteiger partial charge in [0.2, 0.25) is 11.9 Å². The van der Waals surface area contributed by atoms with Crippen LogP contribution < -0.4 is 15.0 Å². The number of hydrogen-bond acceptors (Lipinski definition) is 8. The summed E-state index contributed by atoms with van der Waals surface area (Å²) in [7, 11) is 1.68. The van der Waals surface area contributed by atoms with Crippen LogP contribution in [-0.4, -0.2) is 59.0 Å². The van der Waals surface area contributed by atoms with Gasteiger partial charge in [-0.15, -0.1) is 11.3 Å². The molecule has 1 aliphatic heterocycles. The van der Waals surface area contributed by atoms with Crippen LogP contribution in [0.4, 0.5) is 16.8 Å². The van der Waals surface area contributed by atoms with Crippen molar-refractivity contribution in [2.24, 2.45) is 0 Å². The summed E-state index contributed by atoms with van der Waals surface area (Å²) < 4.78 is 5.45. The summed E-state index contributed by atoms with van der Waals surface area (Å²) in [4.78, 5) is 29.6. The molecule has 8 nitrogen and oxygen atoms in total. The predicted octanol–water partition coefficient (Wildman–Crippen LogP) is 2.58. The van der Waals surface area contributed by atoms with Crippen LogP contribution in [0.2, 0.25) is 0 Å². The number of ether oxygens (including phenoxy) is 1. The first kappa shape index (κ1) is 19.1. The van der Waals surface area contributed by atoms with Crippen molar-refractivity contribution >= 4 is 34.0 Å². The van der Waals surface area contributed by atoms with Crippen molar-refractivity contribution in [3.05, 3.63) is 53.8 Å². The van der Waals surface area contributed by atoms with E-state index < -0.39 is 0 Å². The number of para-hydroxylation sites is 2. The van der Waals surface area contributed by atoms with E-state index in [2.05, 4.69) is 31.2 Å². The van der Waals surface area contributed by atoms with Crippen LogP contribution >= 0.6 is 11.3 Å². The van der Waals surface area contributed by atoms with Gasteiger partial charge in [-0.3, -0.25) is 4.79 Å². The Morgan fingerprint density at radius 3 is 2.66 bits per heavy atom. The van der Waals surface area contributed by atoms with E-state index in [1.54, 1.807) is 25.6 Å². The number of hydrogen-bond donors (Lipinski definition) is 1. The van der Waals surface area contributed by atoms with Gasteiger partial charge in [-0.25, -0.2) is 15.0 Å². The zero-order valence-electron chi connectivity index (χ0n) is 16.1. The number of aromatic nitrogens is 3. The first-order valence-electron chi connectivity index (χ1n) is 9.37. The molecule has 0 bridgehead atoms. The monoisotopic (exact) mass is 410 g/mol. The average molecular weight is 411 g/mol. The molecule has 2 aromatic heterocycles. The molecule has 1 saturated heterocycles. The Bertz CT molecular complexity index is 956. The number of rotatable bonds is 6. The van der Waals surface area contributed by atoms with Crippen molar-refractivity contribution in [1.82, 2.24) is 19.9 Å². The second-order valence-electron chi connectivity index (χ2n) is 6.56. The number of nitrogens with one attached hydrogen (secondary N) is 1. The minimum absolute atomic E-state index is 0.0949. The molecule has 1 amide bonds. The maximum Gasteiger partial charge on any atom is 0.228 e. The minimum atomic E-state index is 0.0949. The molecular formula is C20H22N6O2S. The van der Waals surface area contributed by atoms with Crippen LogP contribution in [0.3, 0.4) is 0 Å². The molecule has 3 aromatic rings. The van der Waals surface area contributed by atoms with Gasteiger partial charge in [0.15, 0.2) is 5.13 Å². The van der Waals surface area contributed by atoms with Crippen molar-refractivity contribution in [3.63, 3.8) is 0 Å². The number of piperazine rings is 1. The molecule has 9 heteroatoms. The van der Waals surface area contributed by atoms with E-state index in [4.69, 9.17) is 4.74 Å². The van der Waals surface area contributed by atoms with E-state index in [1.165, 1.54) is 11.3 Å². The minimum Gasteiger partial charge on any atom is -0.495 e. The first-order valence-corrected chi connectivity index (χ1v) is 10.2. The van der Waals surface area contributed by atoms with Gasteiger partial charge in [0.25, 0.3) is 0 Å². The first-order chi connectivity index (χ1) is 14.2. The highest BCUT2D eigenvalue weighted by Crippen LogP contribution is 2.28. The van der Waals surface area contributed by atoms with Crippen LogP contribution in [0, 0.1) is 0 Å². The lowest BCUT2D eigenvalue weighted by Gasteiger charge is -2.36. The van der Waals surface area contributed by atoms with Gasteiger partial charge in [-0.2, -0.15) is 0 Å². The van der Waals surface area contributed by atoms with E-state index in [9.17, 15) is 4.79 Å². The highest BCUT2D eigenvalue weighted by Gasteiger charge is 2.23. The fraction of sp³-hybridized carbons (Fsp3) is 0.300. The average Bonchev–Trinajstić information content (AvgIpc) is 3.21. The smallest absolute Gasteiger partial charge is 0.228 e. The lowest BCUT2D eigenvalue weighted by molar-refractivity contribution is -0.130. The molecule has 0 radical (unpaired) electrons. The van der Waals surface area contributed by atoms with E-state index in [1.807, 2.05) is 28.5 Å². The van der Waals surface area contributed by atoms with E-state index >= 15 is 0 Å². The third-order valence-electron chi connectivity index (χ3n) is 4.73. The second-order valence-corrected chi connectivity index (χ2v) is 7.42. The molecule has 1 fully saturated rings. The summed E-state index contributed by atoms with van der Waals surface area (Å²) in [6.07, 6.45) is 3.62. The lowest BCUT2D eigenvalue weighted by atomic mass is 10.2. The van der Waals surface area contributed by atoms with Crippen LogP contribution in [0.5, 0.6) is 5.75 Å². The predicted molar refractivity (Wildman–Crippen MR) is 113 cm³/mol. The maximum absolute atomic E-state index is 12.7. The van der Waals surface area contributed by atoms with Crippen LogP contribution in [0.25, 0.3) is 0 Å². The second kappa shape index (κ2) is 8.87. The van der Waals surface area contributed by atoms with Gasteiger partial charge in [0, 0.05) is 44.0 Å². The van der Waals surface area contributed by atoms with Crippen LogP contribution in [0.1, 0.15) is 5.69 Å². The summed E-state index contributed by atoms with van der Waals surface area (Å²) in [5.41, 5.74) is 1.83. The Balaban J connectivity index is 1.31. The summed E-state index contributed by atoms with van der Waals surface area (Å²) in [6, 6.07) is 9.73. The van der Waals surface area contributed by atoms with Gasteiger partial charge in [-0.05, 0) is 18.2 Å². The third-order valence-corrected chi connectivity index (χ3v) is 5.53. The number of thiazole rings is 1. The number of methoxy groups -OCH3 is 1. The number of benzene rings is 1. The largest absolute Gasteiger partial charge is 0.495 e. The zero-order valence-corrected chi connectivity index (χ0v) is 16.9. The zero-order chi connectivity index (χ0) is 20.1. The molecule has 1 N–H and O–H groups in total. The molecule has 0 saturated carbocycles. The lowest BCUT2D eigenvalue weighted by Crippen LogP contribution is -2.49. The number of amides is 1. The Morgan fingerprint density at radius 1 is 1.14 bits per heavy atom. The standard InChI is InChI=1S/C20H22N6O2S/c1-28-17-6-3-2-5-16(17)25-9-11-26(12-10-25)18(27)13-15-14-29-20(23-15)24-19-21-7-4-8-22-19/h2-8,14H,9-13H2,1H3,(H,21,22,23,24). The topological polar surface area (TPSA) is 83.5 Å². The number of anilines is 3. The molecule has 1 aromatic carbocycles. The van der Waals surface area contributed by atoms with Crippen LogP contribution in [-0.2, 0) is 11.2 Å². The van der Waals surface area contributed by atoms with Gasteiger partial charge >= 0.3 is 0 Å². The third kappa shape index (κ3) is 4.62. The number of nitrogens with zero attached hydrogens (tertiary/aromatic N) is 5. The van der Waals surface area contributed by atoms with E-state index in [0.29, 0.717) is 30.6 Å². The normalized spacial score (nSPS) is 14.0. The quantitative estimate of drug-likeness (QED) is 0.669. The molecule has 29 heavy (non-hydrogen) atoms. The molecule has 3 heterocycles. The highest BCUT2D eigenvalue weighted by atomic mass is 32.1. The van der Waals surface area contributed by atoms with Crippen molar-refractivity contribution < 1.29 is 9.53 Å². The number of carbonyl (C=O) groups excluding carboxylic acids is 1. The molecule has 1 aliphatic rings. The van der Waals surface area contributed by atoms with Crippen molar-refractivity contribution in [3.8, 4) is 5.75 Å². The Hall–Kier alpha value is -3.20. The molecule has 0 unspecified atom stereocenters. The van der Waals surface area contributed by atoms with Gasteiger partial charge in [-0.1, -0.05) is 12.1 Å². The highest BCUT2D eigenvalue weighted by molar-refractivity contribution is 7.13. The van der Waals surface area contributed by atoms with Gasteiger partial charge < -0.3 is 19.9 Å². The Labute approximate surface area is 173 Å². The molecule has 150 valence electrons. The van der Waals surface area contributed by atoms with Crippen molar-refractivity contribution in [1.29, 1.82) is 0 Å².